The van der Waals surface area contributed by atoms with Crippen molar-refractivity contribution in [2.45, 2.75) is 25.6 Å². The van der Waals surface area contributed by atoms with Crippen LogP contribution in [0, 0.1) is 5.82 Å². The second-order valence-corrected chi connectivity index (χ2v) is 3.88. The van der Waals surface area contributed by atoms with Crippen LogP contribution in [0.25, 0.3) is 0 Å². The molecule has 1 saturated heterocycles. The first-order valence-electron chi connectivity index (χ1n) is 5.42. The fraction of sp³-hybridized carbons (Fsp3) is 0.500. The summed E-state index contributed by atoms with van der Waals surface area (Å²) >= 11 is 0. The average molecular weight is 226 g/mol. The molecule has 0 unspecified atom stereocenters. The molecule has 0 spiro atoms. The van der Waals surface area contributed by atoms with Crippen molar-refractivity contribution >= 4 is 0 Å². The SMILES string of the molecule is OCc1cc(F)cc(OC2CCOCC2)c1. The second kappa shape index (κ2) is 5.27. The summed E-state index contributed by atoms with van der Waals surface area (Å²) in [4.78, 5) is 0. The molecule has 3 nitrogen and oxygen atoms in total. The van der Waals surface area contributed by atoms with Gasteiger partial charge in [-0.2, -0.15) is 0 Å². The van der Waals surface area contributed by atoms with Gasteiger partial charge in [-0.15, -0.1) is 0 Å². The summed E-state index contributed by atoms with van der Waals surface area (Å²) in [5, 5.41) is 8.95. The lowest BCUT2D eigenvalue weighted by Gasteiger charge is -2.23. The molecule has 0 atom stereocenters. The molecule has 0 aliphatic carbocycles. The van der Waals surface area contributed by atoms with E-state index >= 15 is 0 Å². The molecule has 1 aromatic rings. The highest BCUT2D eigenvalue weighted by molar-refractivity contribution is 5.29. The van der Waals surface area contributed by atoms with E-state index in [4.69, 9.17) is 14.6 Å². The topological polar surface area (TPSA) is 38.7 Å². The van der Waals surface area contributed by atoms with Crippen LogP contribution in [0.5, 0.6) is 5.75 Å². The number of ether oxygens (including phenoxy) is 2. The molecule has 1 fully saturated rings. The van der Waals surface area contributed by atoms with Crippen LogP contribution in [-0.4, -0.2) is 24.4 Å². The Morgan fingerprint density at radius 3 is 2.75 bits per heavy atom. The van der Waals surface area contributed by atoms with E-state index in [2.05, 4.69) is 0 Å². The summed E-state index contributed by atoms with van der Waals surface area (Å²) in [5.41, 5.74) is 0.530. The summed E-state index contributed by atoms with van der Waals surface area (Å²) in [6.07, 6.45) is 1.73. The fourth-order valence-electron chi connectivity index (χ4n) is 1.77. The molecular weight excluding hydrogens is 211 g/mol. The molecule has 1 aliphatic rings. The van der Waals surface area contributed by atoms with Gasteiger partial charge in [-0.1, -0.05) is 0 Å². The molecule has 0 amide bonds. The van der Waals surface area contributed by atoms with Gasteiger partial charge in [0.05, 0.1) is 19.8 Å². The van der Waals surface area contributed by atoms with E-state index in [-0.39, 0.29) is 18.5 Å². The summed E-state index contributed by atoms with van der Waals surface area (Å²) in [6.45, 7) is 1.20. The van der Waals surface area contributed by atoms with Crippen molar-refractivity contribution < 1.29 is 19.0 Å². The van der Waals surface area contributed by atoms with Gasteiger partial charge in [-0.3, -0.25) is 0 Å². The van der Waals surface area contributed by atoms with Gasteiger partial charge < -0.3 is 14.6 Å². The molecule has 1 heterocycles. The molecular formula is C12H15FO3. The van der Waals surface area contributed by atoms with Gasteiger partial charge in [0.2, 0.25) is 0 Å². The molecule has 4 heteroatoms. The minimum atomic E-state index is -0.381. The van der Waals surface area contributed by atoms with Gasteiger partial charge >= 0.3 is 0 Å². The van der Waals surface area contributed by atoms with Gasteiger partial charge in [0.1, 0.15) is 17.7 Å². The van der Waals surface area contributed by atoms with Crippen LogP contribution in [-0.2, 0) is 11.3 Å². The van der Waals surface area contributed by atoms with Gasteiger partial charge in [0.15, 0.2) is 0 Å². The van der Waals surface area contributed by atoms with Crippen LogP contribution in [0.4, 0.5) is 4.39 Å². The molecule has 0 bridgehead atoms. The summed E-state index contributed by atoms with van der Waals surface area (Å²) in [6, 6.07) is 4.31. The molecule has 88 valence electrons. The largest absolute Gasteiger partial charge is 0.490 e. The van der Waals surface area contributed by atoms with Crippen molar-refractivity contribution in [3.63, 3.8) is 0 Å². The first-order valence-corrected chi connectivity index (χ1v) is 5.42. The summed E-state index contributed by atoms with van der Waals surface area (Å²) in [5.74, 6) is 0.101. The zero-order valence-corrected chi connectivity index (χ0v) is 8.99. The number of aliphatic hydroxyl groups is 1. The van der Waals surface area contributed by atoms with Gasteiger partial charge in [0.25, 0.3) is 0 Å². The standard InChI is InChI=1S/C12H15FO3/c13-10-5-9(8-14)6-12(7-10)16-11-1-3-15-4-2-11/h5-7,11,14H,1-4,8H2. The zero-order valence-electron chi connectivity index (χ0n) is 8.99. The molecule has 0 aromatic heterocycles. The van der Waals surface area contributed by atoms with Crippen molar-refractivity contribution in [2.75, 3.05) is 13.2 Å². The van der Waals surface area contributed by atoms with E-state index in [0.717, 1.165) is 12.8 Å². The minimum Gasteiger partial charge on any atom is -0.490 e. The predicted molar refractivity (Wildman–Crippen MR) is 56.8 cm³/mol. The number of hydrogen-bond acceptors (Lipinski definition) is 3. The monoisotopic (exact) mass is 226 g/mol. The van der Waals surface area contributed by atoms with E-state index < -0.39 is 0 Å². The molecule has 0 radical (unpaired) electrons. The fourth-order valence-corrected chi connectivity index (χ4v) is 1.77. The third-order valence-corrected chi connectivity index (χ3v) is 2.58. The Balaban J connectivity index is 2.04. The number of hydrogen-bond donors (Lipinski definition) is 1. The Labute approximate surface area is 93.8 Å². The molecule has 1 aromatic carbocycles. The Bertz CT molecular complexity index is 348. The Kier molecular flexibility index (Phi) is 3.74. The lowest BCUT2D eigenvalue weighted by molar-refractivity contribution is 0.0254. The van der Waals surface area contributed by atoms with E-state index in [1.54, 1.807) is 6.07 Å². The maximum Gasteiger partial charge on any atom is 0.127 e. The van der Waals surface area contributed by atoms with Crippen LogP contribution < -0.4 is 4.74 Å². The number of benzene rings is 1. The van der Waals surface area contributed by atoms with Crippen molar-refractivity contribution in [3.8, 4) is 5.75 Å². The van der Waals surface area contributed by atoms with E-state index in [0.29, 0.717) is 24.5 Å². The van der Waals surface area contributed by atoms with Gasteiger partial charge in [-0.25, -0.2) is 4.39 Å². The quantitative estimate of drug-likeness (QED) is 0.855. The lowest BCUT2D eigenvalue weighted by atomic mass is 10.1. The normalized spacial score (nSPS) is 17.4. The predicted octanol–water partition coefficient (Wildman–Crippen LogP) is 1.88. The second-order valence-electron chi connectivity index (χ2n) is 3.88. The van der Waals surface area contributed by atoms with E-state index in [9.17, 15) is 4.39 Å². The van der Waals surface area contributed by atoms with Crippen LogP contribution in [0.3, 0.4) is 0 Å². The highest BCUT2D eigenvalue weighted by atomic mass is 19.1. The van der Waals surface area contributed by atoms with Crippen LogP contribution in [0.1, 0.15) is 18.4 Å². The third-order valence-electron chi connectivity index (χ3n) is 2.58. The Hall–Kier alpha value is -1.13. The van der Waals surface area contributed by atoms with Crippen LogP contribution >= 0.6 is 0 Å². The summed E-state index contributed by atoms with van der Waals surface area (Å²) in [7, 11) is 0. The van der Waals surface area contributed by atoms with Crippen molar-refractivity contribution in [3.05, 3.63) is 29.6 Å². The van der Waals surface area contributed by atoms with Crippen LogP contribution in [0.15, 0.2) is 18.2 Å². The number of rotatable bonds is 3. The minimum absolute atomic E-state index is 0.0853. The highest BCUT2D eigenvalue weighted by Gasteiger charge is 2.15. The number of halogens is 1. The van der Waals surface area contributed by atoms with Gasteiger partial charge in [-0.05, 0) is 17.7 Å². The molecule has 1 N–H and O–H groups in total. The molecule has 1 aliphatic heterocycles. The third kappa shape index (κ3) is 2.93. The first-order chi connectivity index (χ1) is 7.78. The smallest absolute Gasteiger partial charge is 0.127 e. The van der Waals surface area contributed by atoms with Gasteiger partial charge in [0, 0.05) is 18.9 Å². The summed E-state index contributed by atoms with van der Waals surface area (Å²) < 4.78 is 24.0. The lowest BCUT2D eigenvalue weighted by Crippen LogP contribution is -2.25. The molecule has 2 rings (SSSR count). The zero-order chi connectivity index (χ0) is 11.4. The van der Waals surface area contributed by atoms with Crippen LogP contribution in [0.2, 0.25) is 0 Å². The molecule has 16 heavy (non-hydrogen) atoms. The van der Waals surface area contributed by atoms with E-state index in [1.165, 1.54) is 12.1 Å². The molecule has 0 saturated carbocycles. The van der Waals surface area contributed by atoms with Crippen molar-refractivity contribution in [2.24, 2.45) is 0 Å². The Morgan fingerprint density at radius 1 is 1.31 bits per heavy atom. The number of aliphatic hydroxyl groups excluding tert-OH is 1. The van der Waals surface area contributed by atoms with Crippen molar-refractivity contribution in [1.29, 1.82) is 0 Å². The van der Waals surface area contributed by atoms with E-state index in [1.807, 2.05) is 0 Å². The maximum atomic E-state index is 13.2. The van der Waals surface area contributed by atoms with Crippen molar-refractivity contribution in [1.82, 2.24) is 0 Å². The average Bonchev–Trinajstić information content (AvgIpc) is 2.29. The maximum absolute atomic E-state index is 13.2. The first kappa shape index (κ1) is 11.4. The highest BCUT2D eigenvalue weighted by Crippen LogP contribution is 2.21. The Morgan fingerprint density at radius 2 is 2.06 bits per heavy atom.